The van der Waals surface area contributed by atoms with Crippen LogP contribution in [0.3, 0.4) is 0 Å². The molecule has 15 heteroatoms. The fraction of sp³-hybridized carbons (Fsp3) is 0.718. The first kappa shape index (κ1) is 39.8. The average molecular weight is 772 g/mol. The molecule has 6 atom stereocenters. The minimum Gasteiger partial charge on any atom is -0.449 e. The van der Waals surface area contributed by atoms with E-state index in [0.717, 1.165) is 36.8 Å². The van der Waals surface area contributed by atoms with Crippen molar-refractivity contribution in [3.8, 4) is 0 Å². The summed E-state index contributed by atoms with van der Waals surface area (Å²) in [6, 6.07) is 3.76. The van der Waals surface area contributed by atoms with Crippen molar-refractivity contribution >= 4 is 39.9 Å². The van der Waals surface area contributed by atoms with Gasteiger partial charge in [-0.05, 0) is 72.0 Å². The zero-order chi connectivity index (χ0) is 39.4. The van der Waals surface area contributed by atoms with Gasteiger partial charge in [0.25, 0.3) is 5.91 Å². The van der Waals surface area contributed by atoms with Gasteiger partial charge in [-0.2, -0.15) is 0 Å². The summed E-state index contributed by atoms with van der Waals surface area (Å²) >= 11 is 0. The van der Waals surface area contributed by atoms with E-state index in [0.29, 0.717) is 32.4 Å². The maximum atomic E-state index is 14.6. The number of fused-ring (bicyclic) bond motifs is 3. The first-order valence-electron chi connectivity index (χ1n) is 19.4. The topological polar surface area (TPSA) is 181 Å². The highest BCUT2D eigenvalue weighted by Gasteiger charge is 2.63. The van der Waals surface area contributed by atoms with Crippen LogP contribution in [0.25, 0.3) is 0 Å². The van der Waals surface area contributed by atoms with Gasteiger partial charge in [0.1, 0.15) is 23.7 Å². The molecule has 1 aromatic rings. The number of sulfonamides is 1. The Hall–Kier alpha value is -3.88. The number of nitrogens with zero attached hydrogens (tertiary/aromatic N) is 2. The van der Waals surface area contributed by atoms with Crippen LogP contribution in [0.15, 0.2) is 18.2 Å². The minimum atomic E-state index is -3.89. The number of benzene rings is 1. The Morgan fingerprint density at radius 2 is 1.76 bits per heavy atom. The minimum absolute atomic E-state index is 0.140. The average Bonchev–Trinajstić information content (AvgIpc) is 4.00. The second-order valence-electron chi connectivity index (χ2n) is 18.0. The number of carbonyl (C=O) groups is 5. The first-order valence-corrected chi connectivity index (χ1v) is 21.0. The summed E-state index contributed by atoms with van der Waals surface area (Å²) in [5.74, 6) is -3.08. The molecule has 3 aliphatic heterocycles. The summed E-state index contributed by atoms with van der Waals surface area (Å²) in [6.07, 6.45) is 2.93. The Balaban J connectivity index is 1.31. The van der Waals surface area contributed by atoms with Crippen LogP contribution in [-0.2, 0) is 53.4 Å². The van der Waals surface area contributed by atoms with Crippen molar-refractivity contribution in [1.82, 2.24) is 25.2 Å². The molecule has 54 heavy (non-hydrogen) atoms. The Morgan fingerprint density at radius 3 is 2.41 bits per heavy atom. The predicted octanol–water partition coefficient (Wildman–Crippen LogP) is 4.14. The third-order valence-corrected chi connectivity index (χ3v) is 13.8. The van der Waals surface area contributed by atoms with E-state index in [1.807, 2.05) is 32.9 Å². The van der Waals surface area contributed by atoms with Crippen LogP contribution in [0.4, 0.5) is 9.59 Å². The van der Waals surface area contributed by atoms with Crippen LogP contribution in [0.1, 0.15) is 110 Å². The molecule has 1 saturated heterocycles. The number of rotatable bonds is 6. The van der Waals surface area contributed by atoms with E-state index in [-0.39, 0.29) is 30.9 Å². The molecule has 3 fully saturated rings. The number of ether oxygens (including phenoxy) is 2. The number of carbonyl (C=O) groups excluding carboxylic acids is 5. The second kappa shape index (κ2) is 14.6. The predicted molar refractivity (Wildman–Crippen MR) is 199 cm³/mol. The SMILES string of the molecule is CC[C@@H]1C[C@]1(NC(=O)[C@@H]1[C@@H](C)[C@@H]2CN1C(=O)[C@H](C(C)(C)C)NC(=O)OCC(C)(C)CCCCc1cccc3c1CN(C3)C(=O)O2)C(=O)NS(=O)(=O)C1CC1. The molecule has 14 nitrogen and oxygen atoms in total. The van der Waals surface area contributed by atoms with Crippen LogP contribution in [0.5, 0.6) is 0 Å². The molecule has 0 unspecified atom stereocenters. The van der Waals surface area contributed by atoms with E-state index in [2.05, 4.69) is 21.4 Å². The quantitative estimate of drug-likeness (QED) is 0.383. The number of hydrogen-bond donors (Lipinski definition) is 3. The van der Waals surface area contributed by atoms with Crippen molar-refractivity contribution in [3.63, 3.8) is 0 Å². The molecule has 2 aliphatic carbocycles. The van der Waals surface area contributed by atoms with E-state index >= 15 is 0 Å². The molecule has 2 saturated carbocycles. The van der Waals surface area contributed by atoms with Gasteiger partial charge in [-0.3, -0.25) is 24.0 Å². The van der Waals surface area contributed by atoms with Crippen LogP contribution in [0.2, 0.25) is 0 Å². The lowest BCUT2D eigenvalue weighted by Gasteiger charge is -2.36. The van der Waals surface area contributed by atoms with E-state index in [1.54, 1.807) is 32.6 Å². The highest BCUT2D eigenvalue weighted by Crippen LogP contribution is 2.47. The van der Waals surface area contributed by atoms with Crippen LogP contribution in [-0.4, -0.2) is 90.3 Å². The lowest BCUT2D eigenvalue weighted by molar-refractivity contribution is -0.143. The fourth-order valence-electron chi connectivity index (χ4n) is 8.28. The van der Waals surface area contributed by atoms with Crippen molar-refractivity contribution in [2.45, 2.75) is 142 Å². The Morgan fingerprint density at radius 1 is 1.06 bits per heavy atom. The van der Waals surface area contributed by atoms with E-state index < -0.39 is 80.2 Å². The Kier molecular flexibility index (Phi) is 10.8. The van der Waals surface area contributed by atoms with E-state index in [9.17, 15) is 32.4 Å². The number of cyclic esters (lactones) is 1. The standard InChI is InChI=1S/C39H57N5O9S/c1-8-26-18-39(26,34(47)42-54(50,51)27-15-16-27)41-32(45)30-23(2)29-21-44(30)33(46)31(37(3,4)5)40-35(48)52-22-38(6,7)17-10-9-12-24-13-11-14-25-19-43(20-28(24)25)36(49)53-29/h11,13-14,23,26-27,29-31H,8-10,12,15-22H2,1-7H3,(H,40,48)(H,41,45)(H,42,47)/t23-,26+,29-,30-,31+,39+/m0/s1. The van der Waals surface area contributed by atoms with Crippen LogP contribution in [0, 0.1) is 22.7 Å². The number of amides is 5. The second-order valence-corrected chi connectivity index (χ2v) is 19.9. The molecule has 4 bridgehead atoms. The van der Waals surface area contributed by atoms with Gasteiger partial charge in [0.05, 0.1) is 18.4 Å². The maximum absolute atomic E-state index is 14.6. The van der Waals surface area contributed by atoms with Crippen molar-refractivity contribution in [3.05, 3.63) is 34.9 Å². The molecular weight excluding hydrogens is 715 g/mol. The number of alkyl carbamates (subject to hydrolysis) is 1. The Labute approximate surface area is 318 Å². The van der Waals surface area contributed by atoms with Gasteiger partial charge in [-0.25, -0.2) is 18.0 Å². The summed E-state index contributed by atoms with van der Waals surface area (Å²) in [5.41, 5.74) is 0.707. The van der Waals surface area contributed by atoms with Gasteiger partial charge in [0.15, 0.2) is 0 Å². The Bertz CT molecular complexity index is 1790. The molecule has 298 valence electrons. The molecule has 3 N–H and O–H groups in total. The molecule has 1 aromatic carbocycles. The summed E-state index contributed by atoms with van der Waals surface area (Å²) in [5, 5.41) is 4.99. The smallest absolute Gasteiger partial charge is 0.410 e. The summed E-state index contributed by atoms with van der Waals surface area (Å²) < 4.78 is 39.5. The summed E-state index contributed by atoms with van der Waals surface area (Å²) in [4.78, 5) is 72.8. The maximum Gasteiger partial charge on any atom is 0.410 e. The van der Waals surface area contributed by atoms with Gasteiger partial charge >= 0.3 is 12.2 Å². The molecule has 5 amide bonds. The highest BCUT2D eigenvalue weighted by molar-refractivity contribution is 7.91. The molecule has 5 aliphatic rings. The molecular formula is C39H57N5O9S. The van der Waals surface area contributed by atoms with E-state index in [1.165, 1.54) is 10.5 Å². The zero-order valence-corrected chi connectivity index (χ0v) is 33.5. The lowest BCUT2D eigenvalue weighted by atomic mass is 9.85. The molecule has 0 radical (unpaired) electrons. The summed E-state index contributed by atoms with van der Waals surface area (Å²) in [7, 11) is -3.89. The number of nitrogens with one attached hydrogen (secondary N) is 3. The number of aryl methyl sites for hydroxylation is 1. The third-order valence-electron chi connectivity index (χ3n) is 12.0. The molecule has 0 spiro atoms. The van der Waals surface area contributed by atoms with E-state index in [4.69, 9.17) is 9.47 Å². The van der Waals surface area contributed by atoms with Gasteiger partial charge in [-0.1, -0.05) is 79.5 Å². The molecule has 6 rings (SSSR count). The fourth-order valence-corrected chi connectivity index (χ4v) is 9.65. The zero-order valence-electron chi connectivity index (χ0n) is 32.7. The monoisotopic (exact) mass is 771 g/mol. The first-order chi connectivity index (χ1) is 25.3. The van der Waals surface area contributed by atoms with Gasteiger partial charge < -0.3 is 25.0 Å². The van der Waals surface area contributed by atoms with Crippen LogP contribution >= 0.6 is 0 Å². The normalized spacial score (nSPS) is 30.5. The van der Waals surface area contributed by atoms with Gasteiger partial charge in [0.2, 0.25) is 21.8 Å². The summed E-state index contributed by atoms with van der Waals surface area (Å²) in [6.45, 7) is 13.8. The number of hydrogen-bond acceptors (Lipinski definition) is 9. The van der Waals surface area contributed by atoms with Gasteiger partial charge in [-0.15, -0.1) is 0 Å². The third kappa shape index (κ3) is 8.20. The van der Waals surface area contributed by atoms with Crippen LogP contribution < -0.4 is 15.4 Å². The van der Waals surface area contributed by atoms with Gasteiger partial charge in [0, 0.05) is 19.0 Å². The van der Waals surface area contributed by atoms with Crippen molar-refractivity contribution in [2.24, 2.45) is 22.7 Å². The largest absolute Gasteiger partial charge is 0.449 e. The lowest BCUT2D eigenvalue weighted by Crippen LogP contribution is -2.61. The molecule has 0 aromatic heterocycles. The molecule has 3 heterocycles. The highest BCUT2D eigenvalue weighted by atomic mass is 32.2. The van der Waals surface area contributed by atoms with Crippen molar-refractivity contribution in [1.29, 1.82) is 0 Å². The van der Waals surface area contributed by atoms with Crippen molar-refractivity contribution < 1.29 is 41.9 Å². The van der Waals surface area contributed by atoms with Crippen molar-refractivity contribution in [2.75, 3.05) is 13.2 Å².